The van der Waals surface area contributed by atoms with E-state index in [9.17, 15) is 27.5 Å². The van der Waals surface area contributed by atoms with E-state index >= 15 is 0 Å². The summed E-state index contributed by atoms with van der Waals surface area (Å²) in [5, 5.41) is 9.28. The van der Waals surface area contributed by atoms with E-state index in [0.29, 0.717) is 12.1 Å². The number of halogens is 4. The highest BCUT2D eigenvalue weighted by molar-refractivity contribution is 5.74. The highest BCUT2D eigenvalue weighted by atomic mass is 19.4. The topological polar surface area (TPSA) is 46.5 Å². The maximum atomic E-state index is 13.0. The smallest absolute Gasteiger partial charge is 0.419 e. The van der Waals surface area contributed by atoms with E-state index < -0.39 is 29.6 Å². The van der Waals surface area contributed by atoms with E-state index in [1.165, 1.54) is 0 Å². The van der Waals surface area contributed by atoms with Gasteiger partial charge in [-0.05, 0) is 17.7 Å². The van der Waals surface area contributed by atoms with Gasteiger partial charge in [0.05, 0.1) is 12.7 Å². The van der Waals surface area contributed by atoms with Crippen LogP contribution < -0.4 is 0 Å². The Hall–Kier alpha value is -1.63. The molecule has 0 aliphatic rings. The molecule has 0 aromatic heterocycles. The zero-order valence-corrected chi connectivity index (χ0v) is 9.29. The second kappa shape index (κ2) is 5.34. The second-order valence-electron chi connectivity index (χ2n) is 3.56. The van der Waals surface area contributed by atoms with E-state index in [1.807, 2.05) is 0 Å². The first kappa shape index (κ1) is 14.4. The number of rotatable bonds is 3. The van der Waals surface area contributed by atoms with Crippen molar-refractivity contribution in [2.75, 3.05) is 7.11 Å². The number of esters is 1. The fraction of sp³-hybridized carbons (Fsp3) is 0.364. The summed E-state index contributed by atoms with van der Waals surface area (Å²) in [6.45, 7) is 0. The monoisotopic (exact) mass is 266 g/mol. The molecule has 7 heteroatoms. The molecule has 0 amide bonds. The molecule has 1 aromatic rings. The van der Waals surface area contributed by atoms with E-state index in [2.05, 4.69) is 4.74 Å². The Morgan fingerprint density at radius 3 is 2.56 bits per heavy atom. The first-order valence-electron chi connectivity index (χ1n) is 4.87. The molecule has 1 rings (SSSR count). The number of hydrogen-bond acceptors (Lipinski definition) is 3. The van der Waals surface area contributed by atoms with Crippen LogP contribution in [0.5, 0.6) is 0 Å². The van der Waals surface area contributed by atoms with Crippen molar-refractivity contribution in [2.45, 2.75) is 18.7 Å². The largest absolute Gasteiger partial charge is 0.467 e. The van der Waals surface area contributed by atoms with Crippen molar-refractivity contribution in [1.29, 1.82) is 0 Å². The molecule has 0 aliphatic heterocycles. The second-order valence-corrected chi connectivity index (χ2v) is 3.56. The van der Waals surface area contributed by atoms with Crippen molar-refractivity contribution >= 4 is 5.97 Å². The predicted octanol–water partition coefficient (Wildman–Crippen LogP) is 1.92. The fourth-order valence-electron chi connectivity index (χ4n) is 1.36. The molecule has 1 aromatic carbocycles. The van der Waals surface area contributed by atoms with Crippen LogP contribution in [0.3, 0.4) is 0 Å². The van der Waals surface area contributed by atoms with Gasteiger partial charge in [0.2, 0.25) is 0 Å². The van der Waals surface area contributed by atoms with E-state index in [-0.39, 0.29) is 12.0 Å². The van der Waals surface area contributed by atoms with Crippen molar-refractivity contribution in [3.8, 4) is 0 Å². The number of methoxy groups -OCH3 is 1. The van der Waals surface area contributed by atoms with Gasteiger partial charge in [0.25, 0.3) is 0 Å². The maximum absolute atomic E-state index is 13.0. The molecule has 18 heavy (non-hydrogen) atoms. The molecular weight excluding hydrogens is 256 g/mol. The van der Waals surface area contributed by atoms with Crippen molar-refractivity contribution in [3.05, 3.63) is 35.1 Å². The Morgan fingerprint density at radius 1 is 1.44 bits per heavy atom. The lowest BCUT2D eigenvalue weighted by molar-refractivity contribution is -0.150. The zero-order chi connectivity index (χ0) is 13.9. The van der Waals surface area contributed by atoms with E-state index in [4.69, 9.17) is 0 Å². The predicted molar refractivity (Wildman–Crippen MR) is 53.1 cm³/mol. The molecule has 1 unspecified atom stereocenters. The first-order valence-corrected chi connectivity index (χ1v) is 4.87. The van der Waals surface area contributed by atoms with Gasteiger partial charge >= 0.3 is 12.1 Å². The van der Waals surface area contributed by atoms with Crippen molar-refractivity contribution < 1.29 is 32.2 Å². The molecular formula is C11H10F4O3. The quantitative estimate of drug-likeness (QED) is 0.671. The molecule has 0 aliphatic carbocycles. The number of aliphatic hydroxyl groups excluding tert-OH is 1. The van der Waals surface area contributed by atoms with Crippen molar-refractivity contribution in [1.82, 2.24) is 0 Å². The molecule has 0 heterocycles. The van der Waals surface area contributed by atoms with Gasteiger partial charge in [-0.25, -0.2) is 9.18 Å². The third-order valence-corrected chi connectivity index (χ3v) is 2.24. The molecule has 0 fully saturated rings. The summed E-state index contributed by atoms with van der Waals surface area (Å²) in [5.41, 5.74) is -1.45. The van der Waals surface area contributed by atoms with Crippen molar-refractivity contribution in [2.24, 2.45) is 0 Å². The van der Waals surface area contributed by atoms with Gasteiger partial charge in [-0.1, -0.05) is 6.07 Å². The minimum atomic E-state index is -4.82. The van der Waals surface area contributed by atoms with Crippen LogP contribution in [-0.4, -0.2) is 24.3 Å². The summed E-state index contributed by atoms with van der Waals surface area (Å²) in [6.07, 6.45) is -6.78. The summed E-state index contributed by atoms with van der Waals surface area (Å²) >= 11 is 0. The summed E-state index contributed by atoms with van der Waals surface area (Å²) in [5.74, 6) is -2.37. The SMILES string of the molecule is COC(=O)C(O)Cc1ccc(F)c(C(F)(F)F)c1. The molecule has 3 nitrogen and oxygen atoms in total. The number of aliphatic hydroxyl groups is 1. The number of benzene rings is 1. The molecule has 1 atom stereocenters. The third kappa shape index (κ3) is 3.43. The molecule has 100 valence electrons. The highest BCUT2D eigenvalue weighted by Gasteiger charge is 2.34. The zero-order valence-electron chi connectivity index (χ0n) is 9.29. The van der Waals surface area contributed by atoms with Crippen LogP contribution in [0.1, 0.15) is 11.1 Å². The average molecular weight is 266 g/mol. The number of hydrogen-bond donors (Lipinski definition) is 1. The Labute approximate surface area is 100.0 Å². The van der Waals surface area contributed by atoms with Gasteiger partial charge in [-0.15, -0.1) is 0 Å². The van der Waals surface area contributed by atoms with Gasteiger partial charge < -0.3 is 9.84 Å². The normalized spacial score (nSPS) is 13.2. The van der Waals surface area contributed by atoms with Crippen molar-refractivity contribution in [3.63, 3.8) is 0 Å². The lowest BCUT2D eigenvalue weighted by Gasteiger charge is -2.12. The molecule has 0 bridgehead atoms. The number of ether oxygens (including phenoxy) is 1. The Balaban J connectivity index is 2.96. The molecule has 1 N–H and O–H groups in total. The van der Waals surface area contributed by atoms with Crippen LogP contribution >= 0.6 is 0 Å². The Kier molecular flexibility index (Phi) is 4.28. The molecule has 0 radical (unpaired) electrons. The van der Waals surface area contributed by atoms with Gasteiger partial charge in [0.1, 0.15) is 5.82 Å². The van der Waals surface area contributed by atoms with Gasteiger partial charge in [-0.3, -0.25) is 0 Å². The lowest BCUT2D eigenvalue weighted by Crippen LogP contribution is -2.24. The van der Waals surface area contributed by atoms with Crippen LogP contribution in [0.2, 0.25) is 0 Å². The minimum Gasteiger partial charge on any atom is -0.467 e. The summed E-state index contributed by atoms with van der Waals surface area (Å²) in [7, 11) is 1.04. The Morgan fingerprint density at radius 2 is 2.06 bits per heavy atom. The average Bonchev–Trinajstić information content (AvgIpc) is 2.29. The first-order chi connectivity index (χ1) is 8.25. The maximum Gasteiger partial charge on any atom is 0.419 e. The molecule has 0 saturated carbocycles. The van der Waals surface area contributed by atoms with Gasteiger partial charge in [0.15, 0.2) is 6.10 Å². The summed E-state index contributed by atoms with van der Waals surface area (Å²) < 4.78 is 54.4. The fourth-order valence-corrected chi connectivity index (χ4v) is 1.36. The Bertz CT molecular complexity index is 442. The lowest BCUT2D eigenvalue weighted by atomic mass is 10.0. The van der Waals surface area contributed by atoms with Crippen LogP contribution in [0.15, 0.2) is 18.2 Å². The minimum absolute atomic E-state index is 0.0124. The molecule has 0 spiro atoms. The third-order valence-electron chi connectivity index (χ3n) is 2.24. The highest BCUT2D eigenvalue weighted by Crippen LogP contribution is 2.32. The molecule has 0 saturated heterocycles. The van der Waals surface area contributed by atoms with E-state index in [1.54, 1.807) is 0 Å². The number of carbonyl (C=O) groups is 1. The van der Waals surface area contributed by atoms with Gasteiger partial charge in [-0.2, -0.15) is 13.2 Å². The number of carbonyl (C=O) groups excluding carboxylic acids is 1. The van der Waals surface area contributed by atoms with Crippen LogP contribution in [-0.2, 0) is 22.1 Å². The van der Waals surface area contributed by atoms with Gasteiger partial charge in [0, 0.05) is 6.42 Å². The van der Waals surface area contributed by atoms with Crippen LogP contribution in [0, 0.1) is 5.82 Å². The summed E-state index contributed by atoms with van der Waals surface area (Å²) in [4.78, 5) is 10.9. The summed E-state index contributed by atoms with van der Waals surface area (Å²) in [6, 6.07) is 2.26. The standard InChI is InChI=1S/C11H10F4O3/c1-18-10(17)9(16)5-6-2-3-8(12)7(4-6)11(13,14)15/h2-4,9,16H,5H2,1H3. The van der Waals surface area contributed by atoms with Crippen LogP contribution in [0.25, 0.3) is 0 Å². The van der Waals surface area contributed by atoms with Crippen LogP contribution in [0.4, 0.5) is 17.6 Å². The number of alkyl halides is 3. The van der Waals surface area contributed by atoms with E-state index in [0.717, 1.165) is 13.2 Å².